The molecule has 57 heavy (non-hydrogen) atoms. The Morgan fingerprint density at radius 3 is 2.30 bits per heavy atom. The Morgan fingerprint density at radius 2 is 1.61 bits per heavy atom. The summed E-state index contributed by atoms with van der Waals surface area (Å²) in [5, 5.41) is 18.1. The Labute approximate surface area is 339 Å². The predicted octanol–water partition coefficient (Wildman–Crippen LogP) is 9.10. The number of aromatic nitrogens is 6. The second-order valence-electron chi connectivity index (χ2n) is 15.0. The zero-order chi connectivity index (χ0) is 39.9. The first-order valence-corrected chi connectivity index (χ1v) is 22.2. The molecule has 1 aliphatic rings. The number of nitrogen functional groups attached to an aromatic ring is 1. The van der Waals surface area contributed by atoms with Crippen LogP contribution < -0.4 is 5.73 Å². The fourth-order valence-corrected chi connectivity index (χ4v) is 7.87. The summed E-state index contributed by atoms with van der Waals surface area (Å²) in [6, 6.07) is 11.5. The van der Waals surface area contributed by atoms with Crippen LogP contribution in [0.4, 0.5) is 5.82 Å². The lowest BCUT2D eigenvalue weighted by Gasteiger charge is -2.21. The number of nitrogens with two attached hydrogens (primary N) is 1. The molecule has 3 N–H and O–H groups in total. The van der Waals surface area contributed by atoms with Gasteiger partial charge in [-0.1, -0.05) is 109 Å². The lowest BCUT2D eigenvalue weighted by atomic mass is 10.0. The fourth-order valence-electron chi connectivity index (χ4n) is 7.20. The van der Waals surface area contributed by atoms with E-state index in [0.717, 1.165) is 42.5 Å². The van der Waals surface area contributed by atoms with Crippen LogP contribution in [0.1, 0.15) is 145 Å². The number of nitrogens with zero attached hydrogens (tertiary/aromatic N) is 7. The van der Waals surface area contributed by atoms with Gasteiger partial charge in [-0.25, -0.2) is 19.2 Å². The molecule has 15 heteroatoms. The van der Waals surface area contributed by atoms with Gasteiger partial charge in [0.2, 0.25) is 0 Å². The number of benzene rings is 1. The molecule has 1 aliphatic heterocycles. The molecule has 1 saturated heterocycles. The minimum absolute atomic E-state index is 0.0821. The maximum absolute atomic E-state index is 10.7. The van der Waals surface area contributed by atoms with Gasteiger partial charge < -0.3 is 33.9 Å². The summed E-state index contributed by atoms with van der Waals surface area (Å²) >= 11 is 0. The van der Waals surface area contributed by atoms with Gasteiger partial charge >= 0.3 is 8.60 Å². The van der Waals surface area contributed by atoms with E-state index in [-0.39, 0.29) is 32.0 Å². The molecular formula is C42H63N8O6P. The van der Waals surface area contributed by atoms with Crippen LogP contribution in [0.5, 0.6) is 0 Å². The number of rotatable bonds is 30. The third-order valence-electron chi connectivity index (χ3n) is 10.5. The third kappa shape index (κ3) is 15.3. The molecule has 0 saturated carbocycles. The molecule has 14 nitrogen and oxygen atoms in total. The van der Waals surface area contributed by atoms with Crippen LogP contribution in [0.25, 0.3) is 11.2 Å². The normalized spacial score (nSPS) is 16.6. The summed E-state index contributed by atoms with van der Waals surface area (Å²) < 4.78 is 33.3. The van der Waals surface area contributed by atoms with Crippen molar-refractivity contribution >= 4 is 19.9 Å². The minimum Gasteiger partial charge on any atom is -0.382 e. The minimum atomic E-state index is -2.18. The zero-order valence-electron chi connectivity index (χ0n) is 33.8. The number of unbranched alkanes of at least 4 members (excludes halogenated alkanes) is 15. The Morgan fingerprint density at radius 1 is 0.895 bits per heavy atom. The first kappa shape index (κ1) is 44.6. The predicted molar refractivity (Wildman–Crippen MR) is 220 cm³/mol. The first-order chi connectivity index (χ1) is 28.1. The average molecular weight is 807 g/mol. The summed E-state index contributed by atoms with van der Waals surface area (Å²) in [6.45, 7) is 3.73. The highest BCUT2D eigenvalue weighted by Crippen LogP contribution is 2.38. The Balaban J connectivity index is 0.993. The Hall–Kier alpha value is -3.54. The molecule has 0 bridgehead atoms. The Kier molecular flexibility index (Phi) is 20.1. The summed E-state index contributed by atoms with van der Waals surface area (Å²) in [5.74, 6) is 0.415. The number of nitriles is 1. The molecule has 5 rings (SSSR count). The SMILES string of the molecule is CCCCCCCCCCCCCCCCCCOCC(COP(O)OCC1CCC(c2ccc3c(N)ncnn23)O1)OCc1ccc(C#N)c(-n2cncn2)c1. The highest BCUT2D eigenvalue weighted by atomic mass is 31.2. The molecule has 4 unspecified atom stereocenters. The molecule has 4 aromatic rings. The standard InChI is InChI=1S/C42H63N8O6P/c1-2-3-4-5-6-7-8-9-10-11-12-13-14-15-16-17-24-52-28-37(53-27-34-18-19-35(26-43)40(25-34)49-33-45-31-47-49)30-55-57(51)54-29-36-20-23-41(56-36)38-21-22-39-42(44)46-32-48-50(38)39/h18-19,21-22,25,31-33,36-37,41,51H,2-17,20,23-24,27-30H2,1H3,(H2,44,46,48). The van der Waals surface area contributed by atoms with Crippen molar-refractivity contribution in [3.8, 4) is 11.8 Å². The fraction of sp³-hybridized carbons (Fsp3) is 0.643. The second-order valence-corrected chi connectivity index (χ2v) is 16.0. The van der Waals surface area contributed by atoms with E-state index in [1.807, 2.05) is 24.3 Å². The lowest BCUT2D eigenvalue weighted by molar-refractivity contribution is -0.0493. The maximum Gasteiger partial charge on any atom is 0.330 e. The topological polar surface area (TPSA) is 177 Å². The van der Waals surface area contributed by atoms with Crippen LogP contribution in [0.2, 0.25) is 0 Å². The number of ether oxygens (including phenoxy) is 3. The van der Waals surface area contributed by atoms with E-state index in [0.29, 0.717) is 30.3 Å². The van der Waals surface area contributed by atoms with Gasteiger partial charge in [-0.2, -0.15) is 15.5 Å². The maximum atomic E-state index is 10.7. The van der Waals surface area contributed by atoms with E-state index in [1.54, 1.807) is 21.6 Å². The smallest absolute Gasteiger partial charge is 0.330 e. The van der Waals surface area contributed by atoms with Crippen molar-refractivity contribution in [1.29, 1.82) is 5.26 Å². The molecule has 312 valence electrons. The Bertz CT molecular complexity index is 1740. The van der Waals surface area contributed by atoms with Crippen molar-refractivity contribution < 1.29 is 28.2 Å². The van der Waals surface area contributed by atoms with Crippen LogP contribution in [0, 0.1) is 11.3 Å². The number of hydrogen-bond donors (Lipinski definition) is 2. The first-order valence-electron chi connectivity index (χ1n) is 21.1. The van der Waals surface area contributed by atoms with E-state index in [1.165, 1.54) is 103 Å². The van der Waals surface area contributed by atoms with Gasteiger partial charge in [0.1, 0.15) is 42.8 Å². The quantitative estimate of drug-likeness (QED) is 0.0378. The molecule has 0 aliphatic carbocycles. The molecule has 4 atom stereocenters. The van der Waals surface area contributed by atoms with Crippen molar-refractivity contribution in [2.75, 3.05) is 32.2 Å². The lowest BCUT2D eigenvalue weighted by Crippen LogP contribution is -2.25. The summed E-state index contributed by atoms with van der Waals surface area (Å²) in [6.07, 6.45) is 26.3. The highest BCUT2D eigenvalue weighted by molar-refractivity contribution is 7.40. The molecule has 4 heterocycles. The second kappa shape index (κ2) is 25.7. The van der Waals surface area contributed by atoms with Crippen LogP contribution in [0.15, 0.2) is 49.3 Å². The summed E-state index contributed by atoms with van der Waals surface area (Å²) in [4.78, 5) is 18.7. The highest BCUT2D eigenvalue weighted by Gasteiger charge is 2.30. The van der Waals surface area contributed by atoms with E-state index in [2.05, 4.69) is 33.2 Å². The van der Waals surface area contributed by atoms with E-state index in [9.17, 15) is 10.2 Å². The van der Waals surface area contributed by atoms with Gasteiger partial charge in [-0.05, 0) is 49.1 Å². The molecule has 0 spiro atoms. The van der Waals surface area contributed by atoms with Crippen molar-refractivity contribution in [3.63, 3.8) is 0 Å². The van der Waals surface area contributed by atoms with Crippen molar-refractivity contribution in [1.82, 2.24) is 29.4 Å². The van der Waals surface area contributed by atoms with Crippen LogP contribution >= 0.6 is 8.60 Å². The largest absolute Gasteiger partial charge is 0.382 e. The van der Waals surface area contributed by atoms with Crippen LogP contribution in [0.3, 0.4) is 0 Å². The molecule has 1 fully saturated rings. The number of hydrogen-bond acceptors (Lipinski definition) is 12. The van der Waals surface area contributed by atoms with Gasteiger partial charge in [0, 0.05) is 6.61 Å². The molecule has 0 amide bonds. The zero-order valence-corrected chi connectivity index (χ0v) is 34.7. The summed E-state index contributed by atoms with van der Waals surface area (Å²) in [5.41, 5.74) is 9.59. The number of anilines is 1. The van der Waals surface area contributed by atoms with E-state index < -0.39 is 14.7 Å². The number of fused-ring (bicyclic) bond motifs is 1. The van der Waals surface area contributed by atoms with Gasteiger partial charge in [0.05, 0.1) is 49.5 Å². The van der Waals surface area contributed by atoms with Gasteiger partial charge in [0.15, 0.2) is 5.82 Å². The van der Waals surface area contributed by atoms with Crippen LogP contribution in [-0.2, 0) is 29.9 Å². The van der Waals surface area contributed by atoms with Gasteiger partial charge in [-0.15, -0.1) is 0 Å². The summed E-state index contributed by atoms with van der Waals surface area (Å²) in [7, 11) is -2.18. The van der Waals surface area contributed by atoms with Crippen molar-refractivity contribution in [2.45, 2.75) is 147 Å². The van der Waals surface area contributed by atoms with Crippen molar-refractivity contribution in [2.24, 2.45) is 0 Å². The monoisotopic (exact) mass is 806 g/mol. The molecular weight excluding hydrogens is 743 g/mol. The molecule has 0 radical (unpaired) electrons. The third-order valence-corrected chi connectivity index (χ3v) is 11.2. The van der Waals surface area contributed by atoms with Crippen LogP contribution in [-0.4, -0.2) is 72.9 Å². The van der Waals surface area contributed by atoms with E-state index in [4.69, 9.17) is 29.0 Å². The molecule has 3 aromatic heterocycles. The van der Waals surface area contributed by atoms with Gasteiger partial charge in [0.25, 0.3) is 0 Å². The van der Waals surface area contributed by atoms with E-state index >= 15 is 0 Å². The average Bonchev–Trinajstić information content (AvgIpc) is 4.03. The molecule has 1 aromatic carbocycles. The van der Waals surface area contributed by atoms with Gasteiger partial charge in [-0.3, -0.25) is 0 Å². The van der Waals surface area contributed by atoms with Crippen molar-refractivity contribution in [3.05, 3.63) is 66.1 Å².